The maximum absolute atomic E-state index is 12.3. The van der Waals surface area contributed by atoms with Gasteiger partial charge in [-0.05, 0) is 49.6 Å². The SMILES string of the molecule is Cc1[nH]c2ccccc2c1C=C1C(=O)NN=C1CCc1ccc(O)cc1. The number of hydrazone groups is 1. The number of carbonyl (C=O) groups excluding carboxylic acids is 1. The Morgan fingerprint density at radius 1 is 1.08 bits per heavy atom. The number of phenols is 1. The van der Waals surface area contributed by atoms with Crippen molar-refractivity contribution in [2.45, 2.75) is 19.8 Å². The maximum atomic E-state index is 12.3. The number of rotatable bonds is 4. The molecule has 26 heavy (non-hydrogen) atoms. The second-order valence-corrected chi connectivity index (χ2v) is 6.43. The first kappa shape index (κ1) is 16.1. The summed E-state index contributed by atoms with van der Waals surface area (Å²) >= 11 is 0. The second kappa shape index (κ2) is 6.52. The van der Waals surface area contributed by atoms with Crippen LogP contribution in [0, 0.1) is 6.92 Å². The maximum Gasteiger partial charge on any atom is 0.273 e. The lowest BCUT2D eigenvalue weighted by Gasteiger charge is -2.03. The molecule has 130 valence electrons. The number of nitrogens with one attached hydrogen (secondary N) is 2. The third-order valence-electron chi connectivity index (χ3n) is 4.67. The molecule has 1 aliphatic rings. The van der Waals surface area contributed by atoms with Gasteiger partial charge in [-0.1, -0.05) is 30.3 Å². The molecule has 2 aromatic carbocycles. The molecule has 0 radical (unpaired) electrons. The van der Waals surface area contributed by atoms with Gasteiger partial charge in [-0.25, -0.2) is 5.43 Å². The van der Waals surface area contributed by atoms with E-state index in [0.717, 1.165) is 39.9 Å². The number of phenolic OH excluding ortho intramolecular Hbond substituents is 1. The fraction of sp³-hybridized carbons (Fsp3) is 0.143. The van der Waals surface area contributed by atoms with Crippen LogP contribution in [0.5, 0.6) is 5.75 Å². The van der Waals surface area contributed by atoms with Gasteiger partial charge in [0.1, 0.15) is 5.75 Å². The van der Waals surface area contributed by atoms with E-state index in [-0.39, 0.29) is 11.7 Å². The number of H-pyrrole nitrogens is 1. The van der Waals surface area contributed by atoms with Gasteiger partial charge in [0, 0.05) is 22.2 Å². The molecule has 5 heteroatoms. The zero-order valence-electron chi connectivity index (χ0n) is 14.4. The molecule has 0 saturated carbocycles. The third-order valence-corrected chi connectivity index (χ3v) is 4.67. The fourth-order valence-electron chi connectivity index (χ4n) is 3.26. The van der Waals surface area contributed by atoms with E-state index in [0.29, 0.717) is 12.0 Å². The predicted octanol–water partition coefficient (Wildman–Crippen LogP) is 3.68. The Labute approximate surface area is 151 Å². The van der Waals surface area contributed by atoms with E-state index in [1.165, 1.54) is 0 Å². The van der Waals surface area contributed by atoms with Crippen molar-refractivity contribution in [2.24, 2.45) is 5.10 Å². The Bertz CT molecular complexity index is 1040. The van der Waals surface area contributed by atoms with E-state index in [4.69, 9.17) is 0 Å². The number of aromatic hydroxyl groups is 1. The second-order valence-electron chi connectivity index (χ2n) is 6.43. The number of amides is 1. The lowest BCUT2D eigenvalue weighted by atomic mass is 9.99. The summed E-state index contributed by atoms with van der Waals surface area (Å²) < 4.78 is 0. The molecule has 0 spiro atoms. The summed E-state index contributed by atoms with van der Waals surface area (Å²) in [5.74, 6) is 0.0783. The minimum absolute atomic E-state index is 0.171. The number of nitrogens with zero attached hydrogens (tertiary/aromatic N) is 1. The fourth-order valence-corrected chi connectivity index (χ4v) is 3.26. The molecule has 0 unspecified atom stereocenters. The minimum Gasteiger partial charge on any atom is -0.508 e. The molecule has 0 bridgehead atoms. The Balaban J connectivity index is 1.62. The van der Waals surface area contributed by atoms with Crippen molar-refractivity contribution in [2.75, 3.05) is 0 Å². The topological polar surface area (TPSA) is 77.5 Å². The molecule has 2 heterocycles. The van der Waals surface area contributed by atoms with Crippen LogP contribution in [-0.4, -0.2) is 21.7 Å². The van der Waals surface area contributed by atoms with Gasteiger partial charge in [-0.3, -0.25) is 4.79 Å². The Morgan fingerprint density at radius 2 is 1.85 bits per heavy atom. The molecular formula is C21H19N3O2. The van der Waals surface area contributed by atoms with Gasteiger partial charge < -0.3 is 10.1 Å². The largest absolute Gasteiger partial charge is 0.508 e. The highest BCUT2D eigenvalue weighted by atomic mass is 16.3. The summed E-state index contributed by atoms with van der Waals surface area (Å²) in [5.41, 5.74) is 8.13. The first-order valence-electron chi connectivity index (χ1n) is 8.56. The summed E-state index contributed by atoms with van der Waals surface area (Å²) in [6.45, 7) is 2.01. The van der Waals surface area contributed by atoms with Crippen LogP contribution < -0.4 is 5.43 Å². The van der Waals surface area contributed by atoms with Crippen molar-refractivity contribution in [1.82, 2.24) is 10.4 Å². The summed E-state index contributed by atoms with van der Waals surface area (Å²) in [6, 6.07) is 15.2. The van der Waals surface area contributed by atoms with Crippen molar-refractivity contribution in [3.8, 4) is 5.75 Å². The molecule has 0 saturated heterocycles. The highest BCUT2D eigenvalue weighted by Crippen LogP contribution is 2.26. The van der Waals surface area contributed by atoms with Crippen LogP contribution >= 0.6 is 0 Å². The third kappa shape index (κ3) is 2.99. The smallest absolute Gasteiger partial charge is 0.273 e. The Hall–Kier alpha value is -3.34. The van der Waals surface area contributed by atoms with Gasteiger partial charge in [0.15, 0.2) is 0 Å². The molecule has 4 rings (SSSR count). The first-order chi connectivity index (χ1) is 12.6. The summed E-state index contributed by atoms with van der Waals surface area (Å²) in [5, 5.41) is 14.7. The zero-order chi connectivity index (χ0) is 18.1. The highest BCUT2D eigenvalue weighted by molar-refractivity contribution is 6.28. The minimum atomic E-state index is -0.171. The molecule has 0 atom stereocenters. The normalized spacial score (nSPS) is 15.5. The molecule has 0 aliphatic carbocycles. The number of aromatic nitrogens is 1. The molecule has 1 aliphatic heterocycles. The molecule has 3 aromatic rings. The Morgan fingerprint density at radius 3 is 2.65 bits per heavy atom. The average Bonchev–Trinajstić information content (AvgIpc) is 3.15. The van der Waals surface area contributed by atoms with Crippen LogP contribution in [0.2, 0.25) is 0 Å². The number of hydrogen-bond donors (Lipinski definition) is 3. The predicted molar refractivity (Wildman–Crippen MR) is 103 cm³/mol. The average molecular weight is 345 g/mol. The van der Waals surface area contributed by atoms with Crippen molar-refractivity contribution in [3.63, 3.8) is 0 Å². The molecular weight excluding hydrogens is 326 g/mol. The van der Waals surface area contributed by atoms with E-state index in [1.54, 1.807) is 12.1 Å². The van der Waals surface area contributed by atoms with Crippen LogP contribution in [0.15, 0.2) is 59.2 Å². The van der Waals surface area contributed by atoms with Gasteiger partial charge in [0.25, 0.3) is 5.91 Å². The van der Waals surface area contributed by atoms with Gasteiger partial charge in [0.05, 0.1) is 11.3 Å². The van der Waals surface area contributed by atoms with Crippen LogP contribution in [-0.2, 0) is 11.2 Å². The standard InChI is InChI=1S/C21H19N3O2/c1-13-17(16-4-2-3-5-19(16)22-13)12-18-20(23-24-21(18)26)11-8-14-6-9-15(25)10-7-14/h2-7,9-10,12,22,25H,8,11H2,1H3,(H,24,26). The van der Waals surface area contributed by atoms with Crippen LogP contribution in [0.1, 0.15) is 23.2 Å². The number of aromatic amines is 1. The first-order valence-corrected chi connectivity index (χ1v) is 8.56. The quantitative estimate of drug-likeness (QED) is 0.631. The van der Waals surface area contributed by atoms with Gasteiger partial charge in [-0.2, -0.15) is 5.10 Å². The summed E-state index contributed by atoms with van der Waals surface area (Å²) in [7, 11) is 0. The molecule has 1 amide bonds. The van der Waals surface area contributed by atoms with Gasteiger partial charge in [-0.15, -0.1) is 0 Å². The highest BCUT2D eigenvalue weighted by Gasteiger charge is 2.23. The van der Waals surface area contributed by atoms with E-state index in [9.17, 15) is 9.90 Å². The van der Waals surface area contributed by atoms with Crippen LogP contribution in [0.25, 0.3) is 17.0 Å². The lowest BCUT2D eigenvalue weighted by Crippen LogP contribution is -2.13. The number of hydrogen-bond acceptors (Lipinski definition) is 3. The van der Waals surface area contributed by atoms with Crippen molar-refractivity contribution in [1.29, 1.82) is 0 Å². The zero-order valence-corrected chi connectivity index (χ0v) is 14.4. The Kier molecular flexibility index (Phi) is 4.05. The van der Waals surface area contributed by atoms with Gasteiger partial charge in [0.2, 0.25) is 0 Å². The number of para-hydroxylation sites is 1. The van der Waals surface area contributed by atoms with E-state index < -0.39 is 0 Å². The van der Waals surface area contributed by atoms with Crippen LogP contribution in [0.3, 0.4) is 0 Å². The van der Waals surface area contributed by atoms with E-state index in [1.807, 2.05) is 49.4 Å². The number of fused-ring (bicyclic) bond motifs is 1. The molecule has 0 fully saturated rings. The molecule has 1 aromatic heterocycles. The van der Waals surface area contributed by atoms with E-state index in [2.05, 4.69) is 15.5 Å². The van der Waals surface area contributed by atoms with Crippen molar-refractivity contribution in [3.05, 3.63) is 70.9 Å². The molecule has 5 nitrogen and oxygen atoms in total. The van der Waals surface area contributed by atoms with Crippen LogP contribution in [0.4, 0.5) is 0 Å². The van der Waals surface area contributed by atoms with E-state index >= 15 is 0 Å². The molecule has 3 N–H and O–H groups in total. The number of carbonyl (C=O) groups is 1. The number of benzene rings is 2. The van der Waals surface area contributed by atoms with Crippen molar-refractivity contribution < 1.29 is 9.90 Å². The van der Waals surface area contributed by atoms with Crippen molar-refractivity contribution >= 4 is 28.6 Å². The monoisotopic (exact) mass is 345 g/mol. The summed E-state index contributed by atoms with van der Waals surface area (Å²) in [4.78, 5) is 15.6. The van der Waals surface area contributed by atoms with Gasteiger partial charge >= 0.3 is 0 Å². The number of aryl methyl sites for hydroxylation is 2. The summed E-state index contributed by atoms with van der Waals surface area (Å²) in [6.07, 6.45) is 3.32. The lowest BCUT2D eigenvalue weighted by molar-refractivity contribution is -0.116.